The third kappa shape index (κ3) is 12.7. The van der Waals surface area contributed by atoms with E-state index < -0.39 is 95.4 Å². The maximum absolute atomic E-state index is 14.6. The summed E-state index contributed by atoms with van der Waals surface area (Å²) >= 11 is 0. The predicted octanol–water partition coefficient (Wildman–Crippen LogP) is 5.27. The Bertz CT molecular complexity index is 1590. The van der Waals surface area contributed by atoms with Gasteiger partial charge in [-0.2, -0.15) is 13.2 Å². The molecule has 15 heteroatoms. The fourth-order valence-electron chi connectivity index (χ4n) is 6.88. The van der Waals surface area contributed by atoms with E-state index in [1.807, 2.05) is 45.0 Å². The molecule has 1 heterocycles. The van der Waals surface area contributed by atoms with Gasteiger partial charge in [0.15, 0.2) is 0 Å². The number of allylic oxidation sites excluding steroid dienone is 1. The first-order valence-corrected chi connectivity index (χ1v) is 18.8. The van der Waals surface area contributed by atoms with Crippen molar-refractivity contribution < 1.29 is 46.7 Å². The quantitative estimate of drug-likeness (QED) is 0.0952. The summed E-state index contributed by atoms with van der Waals surface area (Å²) in [6.45, 7) is 14.2. The molecule has 1 saturated heterocycles. The molecule has 0 spiro atoms. The van der Waals surface area contributed by atoms with Crippen LogP contribution < -0.4 is 21.3 Å². The van der Waals surface area contributed by atoms with Gasteiger partial charge in [0.25, 0.3) is 5.91 Å². The summed E-state index contributed by atoms with van der Waals surface area (Å²) in [5, 5.41) is 10.0. The van der Waals surface area contributed by atoms with Crippen LogP contribution in [0, 0.1) is 16.7 Å². The van der Waals surface area contributed by atoms with E-state index in [4.69, 9.17) is 4.74 Å². The molecular weight excluding hydrogens is 719 g/mol. The molecule has 4 N–H and O–H groups in total. The number of carbonyl (C=O) groups excluding carboxylic acids is 6. The van der Waals surface area contributed by atoms with Crippen LogP contribution in [-0.2, 0) is 35.3 Å². The number of likely N-dealkylation sites (tertiary alicyclic amines) is 1. The van der Waals surface area contributed by atoms with Crippen molar-refractivity contribution in [3.05, 3.63) is 60.2 Å². The highest BCUT2D eigenvalue weighted by Crippen LogP contribution is 2.42. The standard InChI is InChI=1S/C40H56F3N5O7/c1-8-22-44-34(51)31(49)28(19-21-40(41,42)43)45-33(50)30-27(39(6,7)9-2)20-23-48(30)35(52)32(38(3,4)5)47-37(54)46-29(26-17-13-14-18-26)36(53)55-24-25-15-11-10-12-16-25/h8,10-12,15-17,27-30,32H,1,9,13-14,18-24H2,2-7H3,(H,44,51)(H,45,50)(H2,46,47,54)/t27-,28?,29-,30?,32+/m0/s1. The van der Waals surface area contributed by atoms with Crippen LogP contribution in [0.3, 0.4) is 0 Å². The van der Waals surface area contributed by atoms with Gasteiger partial charge in [0, 0.05) is 19.5 Å². The number of Topliss-reactive ketones (excluding diaryl/α,β-unsaturated/α-hetero) is 1. The molecule has 0 aromatic heterocycles. The first kappa shape index (κ1) is 44.7. The molecule has 1 aliphatic heterocycles. The van der Waals surface area contributed by atoms with E-state index in [0.717, 1.165) is 18.4 Å². The van der Waals surface area contributed by atoms with E-state index >= 15 is 0 Å². The van der Waals surface area contributed by atoms with Gasteiger partial charge in [-0.15, -0.1) is 6.58 Å². The van der Waals surface area contributed by atoms with Crippen LogP contribution in [0.5, 0.6) is 0 Å². The number of ketones is 1. The van der Waals surface area contributed by atoms with E-state index in [1.165, 1.54) is 11.0 Å². The number of hydrogen-bond acceptors (Lipinski definition) is 7. The van der Waals surface area contributed by atoms with Crippen molar-refractivity contribution in [2.24, 2.45) is 16.7 Å². The molecule has 1 fully saturated rings. The second kappa shape index (κ2) is 19.3. The lowest BCUT2D eigenvalue weighted by atomic mass is 9.72. The Morgan fingerprint density at radius 3 is 2.24 bits per heavy atom. The normalized spacial score (nSPS) is 19.0. The van der Waals surface area contributed by atoms with E-state index in [2.05, 4.69) is 27.8 Å². The number of ether oxygens (including phenoxy) is 1. The zero-order valence-corrected chi connectivity index (χ0v) is 32.6. The Hall–Kier alpha value is -4.69. The van der Waals surface area contributed by atoms with Crippen LogP contribution in [-0.4, -0.2) is 83.8 Å². The molecule has 1 aromatic rings. The third-order valence-corrected chi connectivity index (χ3v) is 10.4. The average molecular weight is 776 g/mol. The molecule has 1 aromatic carbocycles. The average Bonchev–Trinajstić information content (AvgIpc) is 3.83. The van der Waals surface area contributed by atoms with Gasteiger partial charge < -0.3 is 30.9 Å². The van der Waals surface area contributed by atoms with E-state index in [0.29, 0.717) is 24.8 Å². The summed E-state index contributed by atoms with van der Waals surface area (Å²) in [6.07, 6.45) is -0.856. The minimum atomic E-state index is -4.68. The number of rotatable bonds is 17. The number of amides is 5. The summed E-state index contributed by atoms with van der Waals surface area (Å²) in [5.41, 5.74) is -0.0361. The molecule has 0 radical (unpaired) electrons. The summed E-state index contributed by atoms with van der Waals surface area (Å²) in [5.74, 6) is -5.14. The summed E-state index contributed by atoms with van der Waals surface area (Å²) < 4.78 is 45.5. The molecule has 5 atom stereocenters. The van der Waals surface area contributed by atoms with Crippen molar-refractivity contribution >= 4 is 35.5 Å². The van der Waals surface area contributed by atoms with Crippen molar-refractivity contribution in [3.63, 3.8) is 0 Å². The summed E-state index contributed by atoms with van der Waals surface area (Å²) in [4.78, 5) is 82.7. The zero-order valence-electron chi connectivity index (χ0n) is 32.6. The molecular formula is C40H56F3N5O7. The molecule has 304 valence electrons. The third-order valence-electron chi connectivity index (χ3n) is 10.4. The number of nitrogens with zero attached hydrogens (tertiary/aromatic N) is 1. The van der Waals surface area contributed by atoms with E-state index in [-0.39, 0.29) is 19.7 Å². The van der Waals surface area contributed by atoms with Gasteiger partial charge in [-0.3, -0.25) is 19.2 Å². The molecule has 2 unspecified atom stereocenters. The minimum absolute atomic E-state index is 0.00824. The number of halogens is 3. The maximum atomic E-state index is 14.6. The molecule has 12 nitrogen and oxygen atoms in total. The molecule has 55 heavy (non-hydrogen) atoms. The van der Waals surface area contributed by atoms with Crippen LogP contribution in [0.1, 0.15) is 92.1 Å². The van der Waals surface area contributed by atoms with Crippen LogP contribution in [0.2, 0.25) is 0 Å². The topological polar surface area (TPSA) is 163 Å². The summed E-state index contributed by atoms with van der Waals surface area (Å²) in [6, 6.07) is 2.81. The largest absolute Gasteiger partial charge is 0.459 e. The van der Waals surface area contributed by atoms with Crippen molar-refractivity contribution in [1.82, 2.24) is 26.2 Å². The first-order chi connectivity index (χ1) is 25.7. The van der Waals surface area contributed by atoms with Crippen molar-refractivity contribution in [1.29, 1.82) is 0 Å². The lowest BCUT2D eigenvalue weighted by molar-refractivity contribution is -0.148. The number of carbonyl (C=O) groups is 6. The Morgan fingerprint density at radius 1 is 1.00 bits per heavy atom. The fourth-order valence-corrected chi connectivity index (χ4v) is 6.88. The monoisotopic (exact) mass is 775 g/mol. The molecule has 1 aliphatic carbocycles. The van der Waals surface area contributed by atoms with Crippen molar-refractivity contribution in [3.8, 4) is 0 Å². The molecule has 2 aliphatic rings. The lowest BCUT2D eigenvalue weighted by Crippen LogP contribution is -2.62. The van der Waals surface area contributed by atoms with Gasteiger partial charge in [-0.1, -0.05) is 90.4 Å². The van der Waals surface area contributed by atoms with Gasteiger partial charge >= 0.3 is 18.2 Å². The zero-order chi connectivity index (χ0) is 41.1. The number of urea groups is 1. The number of hydrogen-bond donors (Lipinski definition) is 4. The molecule has 5 amide bonds. The van der Waals surface area contributed by atoms with Gasteiger partial charge in [0.1, 0.15) is 24.7 Å². The first-order valence-electron chi connectivity index (χ1n) is 18.8. The molecule has 3 rings (SSSR count). The fraction of sp³-hybridized carbons (Fsp3) is 0.600. The van der Waals surface area contributed by atoms with E-state index in [9.17, 15) is 41.9 Å². The molecule has 0 bridgehead atoms. The van der Waals surface area contributed by atoms with Gasteiger partial charge in [-0.25, -0.2) is 9.59 Å². The number of nitrogens with one attached hydrogen (secondary N) is 4. The lowest BCUT2D eigenvalue weighted by Gasteiger charge is -2.39. The van der Waals surface area contributed by atoms with Crippen molar-refractivity contribution in [2.75, 3.05) is 13.1 Å². The van der Waals surface area contributed by atoms with Crippen LogP contribution in [0.15, 0.2) is 54.6 Å². The number of alkyl halides is 3. The van der Waals surface area contributed by atoms with Gasteiger partial charge in [0.05, 0.1) is 6.04 Å². The minimum Gasteiger partial charge on any atom is -0.459 e. The highest BCUT2D eigenvalue weighted by molar-refractivity contribution is 6.38. The Kier molecular flexibility index (Phi) is 15.7. The Labute approximate surface area is 321 Å². The summed E-state index contributed by atoms with van der Waals surface area (Å²) in [7, 11) is 0. The predicted molar refractivity (Wildman–Crippen MR) is 200 cm³/mol. The number of esters is 1. The highest BCUT2D eigenvalue weighted by Gasteiger charge is 2.51. The van der Waals surface area contributed by atoms with E-state index in [1.54, 1.807) is 32.9 Å². The van der Waals surface area contributed by atoms with Gasteiger partial charge in [-0.05, 0) is 60.0 Å². The highest BCUT2D eigenvalue weighted by atomic mass is 19.4. The second-order valence-corrected chi connectivity index (χ2v) is 15.9. The number of benzene rings is 1. The maximum Gasteiger partial charge on any atom is 0.389 e. The van der Waals surface area contributed by atoms with Crippen LogP contribution >= 0.6 is 0 Å². The Morgan fingerprint density at radius 2 is 1.67 bits per heavy atom. The van der Waals surface area contributed by atoms with Crippen LogP contribution in [0.4, 0.5) is 18.0 Å². The second-order valence-electron chi connectivity index (χ2n) is 15.9. The smallest absolute Gasteiger partial charge is 0.389 e. The Balaban J connectivity index is 1.90. The van der Waals surface area contributed by atoms with Crippen LogP contribution in [0.25, 0.3) is 0 Å². The SMILES string of the molecule is C=CCNC(=O)C(=O)C(CCC(F)(F)F)NC(=O)C1[C@@H](C(C)(C)CC)CCN1C(=O)[C@@H](NC(=O)N[C@H](C(=O)OCc1ccccc1)C1=CCCC1)C(C)(C)C. The van der Waals surface area contributed by atoms with Gasteiger partial charge in [0.2, 0.25) is 17.6 Å². The molecule has 0 saturated carbocycles. The van der Waals surface area contributed by atoms with Crippen molar-refractivity contribution in [2.45, 2.75) is 123 Å².